The van der Waals surface area contributed by atoms with E-state index >= 15 is 0 Å². The molecule has 7 rings (SSSR count). The number of nitrogens with zero attached hydrogens (tertiary/aromatic N) is 1. The number of rotatable bonds is 7. The predicted octanol–water partition coefficient (Wildman–Crippen LogP) is 10.9. The smallest absolute Gasteiger partial charge is 0.251 e. The van der Waals surface area contributed by atoms with E-state index in [1.54, 1.807) is 6.08 Å². The fourth-order valence-corrected chi connectivity index (χ4v) is 8.24. The first kappa shape index (κ1) is 32.1. The van der Waals surface area contributed by atoms with Gasteiger partial charge in [0.15, 0.2) is 0 Å². The molecule has 1 aliphatic rings. The molecule has 49 heavy (non-hydrogen) atoms. The van der Waals surface area contributed by atoms with Gasteiger partial charge < -0.3 is 4.90 Å². The molecular formula is C47H43NO. The lowest BCUT2D eigenvalue weighted by Gasteiger charge is -2.51. The maximum Gasteiger partial charge on any atom is 0.251 e. The molecule has 0 spiro atoms. The van der Waals surface area contributed by atoms with Crippen LogP contribution in [0.1, 0.15) is 71.7 Å². The van der Waals surface area contributed by atoms with E-state index in [0.29, 0.717) is 0 Å². The van der Waals surface area contributed by atoms with Gasteiger partial charge in [-0.15, -0.1) is 0 Å². The summed E-state index contributed by atoms with van der Waals surface area (Å²) in [5.74, 6) is -0.0192. The average molecular weight is 638 g/mol. The Kier molecular flexibility index (Phi) is 8.42. The standard InChI is InChI=1S/C47H43NO/c1-35-25-28-37(29-26-35)46(4)34-45(2,3)48(44(49)32-27-36-17-9-5-10-18-36)43-31-30-41(33-42(43)46)47(38-19-11-6-12-20-38,39-21-13-7-14-22-39)40-23-15-8-16-24-40/h5-33H,34H2,1-4H3. The zero-order chi connectivity index (χ0) is 34.1. The first-order valence-electron chi connectivity index (χ1n) is 17.2. The number of hydrogen-bond acceptors (Lipinski definition) is 1. The first-order chi connectivity index (χ1) is 23.7. The molecule has 0 radical (unpaired) electrons. The van der Waals surface area contributed by atoms with Crippen LogP contribution >= 0.6 is 0 Å². The zero-order valence-corrected chi connectivity index (χ0v) is 28.8. The molecule has 1 atom stereocenters. The third kappa shape index (κ3) is 5.72. The fraction of sp³-hybridized carbons (Fsp3) is 0.170. The third-order valence-electron chi connectivity index (χ3n) is 10.4. The summed E-state index contributed by atoms with van der Waals surface area (Å²) in [5, 5.41) is 0. The summed E-state index contributed by atoms with van der Waals surface area (Å²) in [6.45, 7) is 8.90. The molecule has 0 saturated heterocycles. The Morgan fingerprint density at radius 1 is 0.612 bits per heavy atom. The van der Waals surface area contributed by atoms with Crippen LogP contribution in [-0.4, -0.2) is 11.4 Å². The summed E-state index contributed by atoms with van der Waals surface area (Å²) in [6.07, 6.45) is 4.41. The Hall–Kier alpha value is -5.47. The van der Waals surface area contributed by atoms with Crippen molar-refractivity contribution in [1.82, 2.24) is 0 Å². The summed E-state index contributed by atoms with van der Waals surface area (Å²) in [6, 6.07) is 58.3. The minimum Gasteiger partial charge on any atom is -0.303 e. The maximum absolute atomic E-state index is 14.3. The van der Waals surface area contributed by atoms with Crippen molar-refractivity contribution >= 4 is 17.7 Å². The number of benzene rings is 6. The molecule has 0 aliphatic carbocycles. The average Bonchev–Trinajstić information content (AvgIpc) is 3.13. The number of aryl methyl sites for hydroxylation is 1. The van der Waals surface area contributed by atoms with Crippen molar-refractivity contribution in [2.45, 2.75) is 50.5 Å². The van der Waals surface area contributed by atoms with E-state index in [1.165, 1.54) is 33.4 Å². The van der Waals surface area contributed by atoms with Gasteiger partial charge in [0.2, 0.25) is 0 Å². The van der Waals surface area contributed by atoms with Crippen LogP contribution in [0.5, 0.6) is 0 Å². The minimum absolute atomic E-state index is 0.0192. The van der Waals surface area contributed by atoms with Crippen LogP contribution in [0, 0.1) is 6.92 Å². The van der Waals surface area contributed by atoms with Crippen molar-refractivity contribution < 1.29 is 4.79 Å². The van der Waals surface area contributed by atoms with E-state index in [0.717, 1.165) is 23.2 Å². The molecule has 1 amide bonds. The number of amides is 1. The summed E-state index contributed by atoms with van der Waals surface area (Å²) in [7, 11) is 0. The molecule has 1 unspecified atom stereocenters. The molecule has 0 bridgehead atoms. The van der Waals surface area contributed by atoms with Crippen molar-refractivity contribution in [3.05, 3.63) is 214 Å². The van der Waals surface area contributed by atoms with Crippen molar-refractivity contribution in [3.63, 3.8) is 0 Å². The van der Waals surface area contributed by atoms with E-state index in [4.69, 9.17) is 0 Å². The van der Waals surface area contributed by atoms with Gasteiger partial charge in [-0.25, -0.2) is 0 Å². The van der Waals surface area contributed by atoms with Gasteiger partial charge >= 0.3 is 0 Å². The van der Waals surface area contributed by atoms with Crippen LogP contribution in [0.2, 0.25) is 0 Å². The lowest BCUT2D eigenvalue weighted by Crippen LogP contribution is -2.55. The van der Waals surface area contributed by atoms with Crippen LogP contribution < -0.4 is 4.90 Å². The summed E-state index contributed by atoms with van der Waals surface area (Å²) < 4.78 is 0. The normalized spacial score (nSPS) is 17.1. The molecule has 0 saturated carbocycles. The second-order valence-corrected chi connectivity index (χ2v) is 14.2. The van der Waals surface area contributed by atoms with Crippen LogP contribution in [0.4, 0.5) is 5.69 Å². The van der Waals surface area contributed by atoms with E-state index in [9.17, 15) is 4.79 Å². The fourth-order valence-electron chi connectivity index (χ4n) is 8.24. The van der Waals surface area contributed by atoms with E-state index in [-0.39, 0.29) is 11.3 Å². The van der Waals surface area contributed by atoms with E-state index < -0.39 is 11.0 Å². The molecule has 6 aromatic rings. The Bertz CT molecular complexity index is 1980. The molecule has 2 nitrogen and oxygen atoms in total. The lowest BCUT2D eigenvalue weighted by atomic mass is 9.61. The molecule has 6 aromatic carbocycles. The van der Waals surface area contributed by atoms with Crippen molar-refractivity contribution in [2.24, 2.45) is 0 Å². The summed E-state index contributed by atoms with van der Waals surface area (Å²) in [5.41, 5.74) is 8.93. The molecule has 2 heteroatoms. The van der Waals surface area contributed by atoms with Gasteiger partial charge in [-0.1, -0.05) is 170 Å². The highest BCUT2D eigenvalue weighted by molar-refractivity contribution is 6.06. The molecule has 1 heterocycles. The molecule has 242 valence electrons. The highest BCUT2D eigenvalue weighted by atomic mass is 16.2. The van der Waals surface area contributed by atoms with Gasteiger partial charge in [0.25, 0.3) is 5.91 Å². The maximum atomic E-state index is 14.3. The Balaban J connectivity index is 1.51. The minimum atomic E-state index is -0.595. The number of carbonyl (C=O) groups excluding carboxylic acids is 1. The second-order valence-electron chi connectivity index (χ2n) is 14.2. The van der Waals surface area contributed by atoms with Gasteiger partial charge in [-0.05, 0) is 78.3 Å². The topological polar surface area (TPSA) is 20.3 Å². The van der Waals surface area contributed by atoms with Crippen molar-refractivity contribution in [3.8, 4) is 0 Å². The third-order valence-corrected chi connectivity index (χ3v) is 10.4. The Morgan fingerprint density at radius 3 is 1.61 bits per heavy atom. The van der Waals surface area contributed by atoms with Crippen LogP contribution in [0.3, 0.4) is 0 Å². The van der Waals surface area contributed by atoms with Gasteiger partial charge in [-0.2, -0.15) is 0 Å². The van der Waals surface area contributed by atoms with Gasteiger partial charge in [-0.3, -0.25) is 4.79 Å². The number of carbonyl (C=O) groups is 1. The zero-order valence-electron chi connectivity index (χ0n) is 28.8. The number of fused-ring (bicyclic) bond motifs is 1. The van der Waals surface area contributed by atoms with E-state index in [1.807, 2.05) is 41.3 Å². The molecule has 0 N–H and O–H groups in total. The highest BCUT2D eigenvalue weighted by Gasteiger charge is 2.49. The summed E-state index contributed by atoms with van der Waals surface area (Å²) in [4.78, 5) is 16.4. The van der Waals surface area contributed by atoms with Crippen LogP contribution in [0.25, 0.3) is 6.08 Å². The molecule has 0 fully saturated rings. The Morgan fingerprint density at radius 2 is 1.10 bits per heavy atom. The molecule has 1 aliphatic heterocycles. The molecule has 0 aromatic heterocycles. The van der Waals surface area contributed by atoms with Gasteiger partial charge in [0.05, 0.1) is 5.41 Å². The monoisotopic (exact) mass is 637 g/mol. The lowest BCUT2D eigenvalue weighted by molar-refractivity contribution is -0.115. The summed E-state index contributed by atoms with van der Waals surface area (Å²) >= 11 is 0. The SMILES string of the molecule is Cc1ccc(C2(C)CC(C)(C)N(C(=O)C=Cc3ccccc3)c3ccc(C(c4ccccc4)(c4ccccc4)c4ccccc4)cc32)cc1. The van der Waals surface area contributed by atoms with Gasteiger partial charge in [0, 0.05) is 22.7 Å². The predicted molar refractivity (Wildman–Crippen MR) is 204 cm³/mol. The first-order valence-corrected chi connectivity index (χ1v) is 17.2. The quantitative estimate of drug-likeness (QED) is 0.126. The van der Waals surface area contributed by atoms with Crippen LogP contribution in [0.15, 0.2) is 170 Å². The van der Waals surface area contributed by atoms with Crippen LogP contribution in [-0.2, 0) is 15.6 Å². The van der Waals surface area contributed by atoms with E-state index in [2.05, 4.69) is 161 Å². The van der Waals surface area contributed by atoms with Crippen molar-refractivity contribution in [2.75, 3.05) is 4.90 Å². The molecular weight excluding hydrogens is 595 g/mol. The second kappa shape index (κ2) is 12.9. The highest BCUT2D eigenvalue weighted by Crippen LogP contribution is 2.53. The van der Waals surface area contributed by atoms with Crippen molar-refractivity contribution in [1.29, 1.82) is 0 Å². The Labute approximate surface area is 291 Å². The number of hydrogen-bond donors (Lipinski definition) is 0. The van der Waals surface area contributed by atoms with Gasteiger partial charge in [0.1, 0.15) is 0 Å². The largest absolute Gasteiger partial charge is 0.303 e. The number of anilines is 1.